The zero-order valence-corrected chi connectivity index (χ0v) is 11.7. The Labute approximate surface area is 124 Å². The number of piperidine rings is 1. The average molecular weight is 320 g/mol. The Hall–Kier alpha value is -1.83. The van der Waals surface area contributed by atoms with E-state index in [0.29, 0.717) is 32.0 Å². The third kappa shape index (κ3) is 3.88. The summed E-state index contributed by atoms with van der Waals surface area (Å²) in [5.74, 6) is -1.53. The van der Waals surface area contributed by atoms with E-state index in [9.17, 15) is 22.4 Å². The number of halogens is 4. The molecule has 1 saturated heterocycles. The van der Waals surface area contributed by atoms with E-state index in [-0.39, 0.29) is 24.3 Å². The van der Waals surface area contributed by atoms with Gasteiger partial charge in [-0.15, -0.1) is 0 Å². The quantitative estimate of drug-likeness (QED) is 0.869. The molecule has 1 fully saturated rings. The molecule has 1 aromatic carbocycles. The van der Waals surface area contributed by atoms with Crippen LogP contribution in [0.1, 0.15) is 18.4 Å². The van der Waals surface area contributed by atoms with Gasteiger partial charge >= 0.3 is 6.18 Å². The molecule has 0 aliphatic carbocycles. The first-order valence-corrected chi connectivity index (χ1v) is 6.82. The van der Waals surface area contributed by atoms with E-state index in [0.717, 1.165) is 6.07 Å². The van der Waals surface area contributed by atoms with Gasteiger partial charge in [0.15, 0.2) is 0 Å². The van der Waals surface area contributed by atoms with Crippen LogP contribution in [0.2, 0.25) is 0 Å². The van der Waals surface area contributed by atoms with Crippen LogP contribution in [-0.4, -0.2) is 36.5 Å². The number of nitrogens with two attached hydrogens (primary N) is 1. The summed E-state index contributed by atoms with van der Waals surface area (Å²) in [5, 5.41) is 0. The maximum Gasteiger partial charge on any atom is 0.419 e. The number of ether oxygens (including phenoxy) is 1. The Morgan fingerprint density at radius 1 is 1.32 bits per heavy atom. The van der Waals surface area contributed by atoms with Crippen LogP contribution in [0.4, 0.5) is 17.6 Å². The first-order valence-electron chi connectivity index (χ1n) is 6.82. The van der Waals surface area contributed by atoms with Crippen LogP contribution in [0.3, 0.4) is 0 Å². The molecule has 22 heavy (non-hydrogen) atoms. The number of hydrogen-bond donors (Lipinski definition) is 1. The van der Waals surface area contributed by atoms with Gasteiger partial charge in [-0.2, -0.15) is 13.2 Å². The van der Waals surface area contributed by atoms with Gasteiger partial charge in [-0.25, -0.2) is 4.39 Å². The number of carbonyl (C=O) groups excluding carboxylic acids is 1. The highest BCUT2D eigenvalue weighted by atomic mass is 19.4. The van der Waals surface area contributed by atoms with Gasteiger partial charge in [0, 0.05) is 25.9 Å². The van der Waals surface area contributed by atoms with Crippen molar-refractivity contribution in [1.29, 1.82) is 0 Å². The summed E-state index contributed by atoms with van der Waals surface area (Å²) in [5.41, 5.74) is 3.92. The molecule has 0 bridgehead atoms. The van der Waals surface area contributed by atoms with Crippen LogP contribution in [0.25, 0.3) is 0 Å². The number of alkyl halides is 3. The van der Waals surface area contributed by atoms with Crippen LogP contribution in [0, 0.1) is 5.82 Å². The van der Waals surface area contributed by atoms with Gasteiger partial charge in [0.25, 0.3) is 0 Å². The van der Waals surface area contributed by atoms with E-state index < -0.39 is 17.6 Å². The van der Waals surface area contributed by atoms with Gasteiger partial charge in [-0.1, -0.05) is 0 Å². The van der Waals surface area contributed by atoms with Gasteiger partial charge in [0.2, 0.25) is 5.91 Å². The minimum atomic E-state index is -4.76. The van der Waals surface area contributed by atoms with Gasteiger partial charge < -0.3 is 15.4 Å². The summed E-state index contributed by atoms with van der Waals surface area (Å²) in [6.45, 7) is 0.806. The van der Waals surface area contributed by atoms with Gasteiger partial charge in [-0.05, 0) is 18.2 Å². The molecule has 0 spiro atoms. The molecular weight excluding hydrogens is 304 g/mol. The monoisotopic (exact) mass is 320 g/mol. The van der Waals surface area contributed by atoms with E-state index in [4.69, 9.17) is 10.5 Å². The molecule has 0 saturated carbocycles. The predicted molar refractivity (Wildman–Crippen MR) is 70.7 cm³/mol. The average Bonchev–Trinajstić information content (AvgIpc) is 2.48. The highest BCUT2D eigenvalue weighted by molar-refractivity contribution is 5.78. The molecule has 1 aliphatic rings. The largest absolute Gasteiger partial charge is 0.490 e. The fourth-order valence-corrected chi connectivity index (χ4v) is 2.34. The van der Waals surface area contributed by atoms with E-state index in [1.807, 2.05) is 0 Å². The topological polar surface area (TPSA) is 55.6 Å². The Bertz CT molecular complexity index is 540. The zero-order valence-electron chi connectivity index (χ0n) is 11.7. The van der Waals surface area contributed by atoms with Crippen molar-refractivity contribution < 1.29 is 27.1 Å². The first kappa shape index (κ1) is 16.5. The number of carbonyl (C=O) groups is 1. The fourth-order valence-electron chi connectivity index (χ4n) is 2.34. The summed E-state index contributed by atoms with van der Waals surface area (Å²) in [6.07, 6.45) is -4.09. The lowest BCUT2D eigenvalue weighted by molar-refractivity contribution is -0.140. The first-order chi connectivity index (χ1) is 10.3. The second kappa shape index (κ2) is 6.51. The highest BCUT2D eigenvalue weighted by Crippen LogP contribution is 2.34. The van der Waals surface area contributed by atoms with Crippen molar-refractivity contribution in [2.45, 2.75) is 25.1 Å². The molecule has 4 nitrogen and oxygen atoms in total. The Morgan fingerprint density at radius 2 is 1.95 bits per heavy atom. The third-order valence-electron chi connectivity index (χ3n) is 3.52. The molecule has 0 unspecified atom stereocenters. The number of likely N-dealkylation sites (tertiary alicyclic amines) is 1. The highest BCUT2D eigenvalue weighted by Gasteiger charge is 2.34. The summed E-state index contributed by atoms with van der Waals surface area (Å²) < 4.78 is 56.6. The summed E-state index contributed by atoms with van der Waals surface area (Å²) in [4.78, 5) is 13.0. The Balaban J connectivity index is 1.99. The molecule has 8 heteroatoms. The molecule has 1 heterocycles. The van der Waals surface area contributed by atoms with Crippen molar-refractivity contribution in [3.8, 4) is 5.75 Å². The van der Waals surface area contributed by atoms with Gasteiger partial charge in [-0.3, -0.25) is 4.79 Å². The third-order valence-corrected chi connectivity index (χ3v) is 3.52. The van der Waals surface area contributed by atoms with Crippen LogP contribution in [0.15, 0.2) is 18.2 Å². The Kier molecular flexibility index (Phi) is 4.90. The summed E-state index contributed by atoms with van der Waals surface area (Å²) >= 11 is 0. The minimum absolute atomic E-state index is 0.0303. The lowest BCUT2D eigenvalue weighted by Gasteiger charge is -2.32. The SMILES string of the molecule is NCC(=O)N1CCC(Oc2ccc(F)c(C(F)(F)F)c2)CC1. The minimum Gasteiger partial charge on any atom is -0.490 e. The fraction of sp³-hybridized carbons (Fsp3) is 0.500. The van der Waals surface area contributed by atoms with Crippen molar-refractivity contribution in [2.75, 3.05) is 19.6 Å². The molecule has 1 amide bonds. The normalized spacial score (nSPS) is 16.7. The number of nitrogens with zero attached hydrogens (tertiary/aromatic N) is 1. The van der Waals surface area contributed by atoms with Crippen molar-refractivity contribution in [1.82, 2.24) is 4.90 Å². The number of hydrogen-bond acceptors (Lipinski definition) is 3. The number of amides is 1. The molecule has 1 aromatic rings. The molecule has 122 valence electrons. The van der Waals surface area contributed by atoms with Gasteiger partial charge in [0.1, 0.15) is 17.7 Å². The zero-order chi connectivity index (χ0) is 16.3. The van der Waals surface area contributed by atoms with Gasteiger partial charge in [0.05, 0.1) is 12.1 Å². The molecule has 2 N–H and O–H groups in total. The van der Waals surface area contributed by atoms with E-state index >= 15 is 0 Å². The smallest absolute Gasteiger partial charge is 0.419 e. The molecule has 2 rings (SSSR count). The Morgan fingerprint density at radius 3 is 2.50 bits per heavy atom. The van der Waals surface area contributed by atoms with Crippen LogP contribution < -0.4 is 10.5 Å². The molecule has 1 aliphatic heterocycles. The summed E-state index contributed by atoms with van der Waals surface area (Å²) in [6, 6.07) is 2.57. The standard InChI is InChI=1S/C14H16F4N2O2/c15-12-2-1-10(7-11(12)14(16,17)18)22-9-3-5-20(6-4-9)13(21)8-19/h1-2,7,9H,3-6,8,19H2. The summed E-state index contributed by atoms with van der Waals surface area (Å²) in [7, 11) is 0. The molecule has 0 radical (unpaired) electrons. The number of rotatable bonds is 3. The van der Waals surface area contributed by atoms with Crippen molar-refractivity contribution in [2.24, 2.45) is 5.73 Å². The second-order valence-corrected chi connectivity index (χ2v) is 5.04. The van der Waals surface area contributed by atoms with E-state index in [2.05, 4.69) is 0 Å². The van der Waals surface area contributed by atoms with Crippen molar-refractivity contribution >= 4 is 5.91 Å². The maximum atomic E-state index is 13.2. The second-order valence-electron chi connectivity index (χ2n) is 5.04. The van der Waals surface area contributed by atoms with E-state index in [1.54, 1.807) is 4.90 Å². The number of benzene rings is 1. The molecule has 0 atom stereocenters. The predicted octanol–water partition coefficient (Wildman–Crippen LogP) is 2.17. The van der Waals surface area contributed by atoms with E-state index in [1.165, 1.54) is 6.07 Å². The lowest BCUT2D eigenvalue weighted by Crippen LogP contribution is -2.44. The van der Waals surface area contributed by atoms with Crippen LogP contribution >= 0.6 is 0 Å². The molecular formula is C14H16F4N2O2. The lowest BCUT2D eigenvalue weighted by atomic mass is 10.1. The van der Waals surface area contributed by atoms with Crippen molar-refractivity contribution in [3.63, 3.8) is 0 Å². The maximum absolute atomic E-state index is 13.2. The van der Waals surface area contributed by atoms with Crippen LogP contribution in [0.5, 0.6) is 5.75 Å². The van der Waals surface area contributed by atoms with Crippen molar-refractivity contribution in [3.05, 3.63) is 29.6 Å². The van der Waals surface area contributed by atoms with Crippen LogP contribution in [-0.2, 0) is 11.0 Å². The molecule has 0 aromatic heterocycles.